The third-order valence-electron chi connectivity index (χ3n) is 5.12. The van der Waals surface area contributed by atoms with Crippen LogP contribution in [0.25, 0.3) is 11.4 Å². The van der Waals surface area contributed by atoms with E-state index in [2.05, 4.69) is 25.5 Å². The Morgan fingerprint density at radius 3 is 2.71 bits per heavy atom. The summed E-state index contributed by atoms with van der Waals surface area (Å²) >= 11 is 0. The number of aromatic nitrogens is 6. The molecule has 0 aliphatic heterocycles. The highest BCUT2D eigenvalue weighted by Crippen LogP contribution is 2.30. The monoisotopic (exact) mass is 379 g/mol. The van der Waals surface area contributed by atoms with Gasteiger partial charge in [0, 0.05) is 24.7 Å². The molecule has 8 heteroatoms. The van der Waals surface area contributed by atoms with Crippen molar-refractivity contribution < 1.29 is 4.79 Å². The van der Waals surface area contributed by atoms with Gasteiger partial charge in [0.25, 0.3) is 0 Å². The Bertz CT molecular complexity index is 969. The molecule has 0 atom stereocenters. The first kappa shape index (κ1) is 18.3. The zero-order valence-corrected chi connectivity index (χ0v) is 16.3. The molecule has 0 saturated heterocycles. The van der Waals surface area contributed by atoms with E-state index < -0.39 is 0 Å². The predicted octanol–water partition coefficient (Wildman–Crippen LogP) is 3.30. The summed E-state index contributed by atoms with van der Waals surface area (Å²) in [6, 6.07) is 4.15. The number of rotatable bonds is 5. The highest BCUT2D eigenvalue weighted by atomic mass is 16.2. The van der Waals surface area contributed by atoms with E-state index in [9.17, 15) is 4.79 Å². The zero-order valence-electron chi connectivity index (χ0n) is 16.3. The van der Waals surface area contributed by atoms with Crippen LogP contribution >= 0.6 is 0 Å². The first-order valence-electron chi connectivity index (χ1n) is 9.77. The number of anilines is 1. The van der Waals surface area contributed by atoms with Gasteiger partial charge >= 0.3 is 0 Å². The van der Waals surface area contributed by atoms with Crippen LogP contribution in [0.4, 0.5) is 5.82 Å². The highest BCUT2D eigenvalue weighted by molar-refractivity contribution is 5.89. The summed E-state index contributed by atoms with van der Waals surface area (Å²) in [5.74, 6) is 0.647. The van der Waals surface area contributed by atoms with E-state index in [0.717, 1.165) is 35.7 Å². The Labute approximate surface area is 164 Å². The van der Waals surface area contributed by atoms with Gasteiger partial charge in [-0.2, -0.15) is 10.2 Å². The lowest BCUT2D eigenvalue weighted by atomic mass is 9.96. The summed E-state index contributed by atoms with van der Waals surface area (Å²) < 4.78 is 3.61. The van der Waals surface area contributed by atoms with Gasteiger partial charge in [0.15, 0.2) is 0 Å². The number of nitrogens with one attached hydrogen (secondary N) is 1. The van der Waals surface area contributed by atoms with E-state index in [4.69, 9.17) is 0 Å². The maximum atomic E-state index is 12.6. The Morgan fingerprint density at radius 1 is 1.14 bits per heavy atom. The number of nitrogens with zero attached hydrogens (tertiary/aromatic N) is 6. The molecule has 1 N–H and O–H groups in total. The number of carbonyl (C=O) groups is 1. The molecule has 3 heterocycles. The third-order valence-corrected chi connectivity index (χ3v) is 5.12. The lowest BCUT2D eigenvalue weighted by Gasteiger charge is -2.23. The molecule has 1 amide bonds. The molecule has 3 aromatic heterocycles. The summed E-state index contributed by atoms with van der Waals surface area (Å²) in [5.41, 5.74) is 3.17. The van der Waals surface area contributed by atoms with E-state index in [1.165, 1.54) is 19.3 Å². The van der Waals surface area contributed by atoms with Crippen molar-refractivity contribution in [2.45, 2.75) is 58.5 Å². The van der Waals surface area contributed by atoms with Gasteiger partial charge in [0.2, 0.25) is 5.91 Å². The molecule has 28 heavy (non-hydrogen) atoms. The number of hydrogen-bond donors (Lipinski definition) is 1. The summed E-state index contributed by atoms with van der Waals surface area (Å²) in [6.07, 6.45) is 11.0. The fraction of sp³-hybridized carbons (Fsp3) is 0.450. The van der Waals surface area contributed by atoms with E-state index >= 15 is 0 Å². The molecule has 1 fully saturated rings. The van der Waals surface area contributed by atoms with E-state index in [1.807, 2.05) is 30.7 Å². The van der Waals surface area contributed by atoms with Gasteiger partial charge in [-0.3, -0.25) is 19.4 Å². The van der Waals surface area contributed by atoms with Crippen molar-refractivity contribution in [2.75, 3.05) is 5.32 Å². The van der Waals surface area contributed by atoms with E-state index in [0.29, 0.717) is 11.7 Å². The van der Waals surface area contributed by atoms with Gasteiger partial charge in [0.05, 0.1) is 17.4 Å². The van der Waals surface area contributed by atoms with Crippen LogP contribution in [0.15, 0.2) is 30.7 Å². The second kappa shape index (κ2) is 7.92. The van der Waals surface area contributed by atoms with Crippen LogP contribution in [0.2, 0.25) is 0 Å². The normalized spacial score (nSPS) is 14.9. The molecule has 0 bridgehead atoms. The van der Waals surface area contributed by atoms with Crippen molar-refractivity contribution in [3.8, 4) is 11.4 Å². The summed E-state index contributed by atoms with van der Waals surface area (Å²) in [6.45, 7) is 3.98. The fourth-order valence-corrected chi connectivity index (χ4v) is 3.78. The van der Waals surface area contributed by atoms with Crippen LogP contribution in [0.5, 0.6) is 0 Å². The van der Waals surface area contributed by atoms with Crippen molar-refractivity contribution in [1.82, 2.24) is 29.5 Å². The molecule has 0 unspecified atom stereocenters. The summed E-state index contributed by atoms with van der Waals surface area (Å²) in [4.78, 5) is 21.2. The first-order chi connectivity index (χ1) is 13.6. The molecule has 0 spiro atoms. The molecule has 0 aromatic carbocycles. The molecule has 8 nitrogen and oxygen atoms in total. The van der Waals surface area contributed by atoms with Crippen molar-refractivity contribution >= 4 is 11.7 Å². The smallest absolute Gasteiger partial charge is 0.247 e. The van der Waals surface area contributed by atoms with Gasteiger partial charge in [-0.1, -0.05) is 19.3 Å². The number of amides is 1. The van der Waals surface area contributed by atoms with Crippen molar-refractivity contribution in [2.24, 2.45) is 0 Å². The Kier molecular flexibility index (Phi) is 5.18. The Balaban J connectivity index is 1.45. The van der Waals surface area contributed by atoms with Crippen LogP contribution < -0.4 is 5.32 Å². The third kappa shape index (κ3) is 3.95. The average Bonchev–Trinajstić information content (AvgIpc) is 3.29. The number of aryl methyl sites for hydroxylation is 2. The quantitative estimate of drug-likeness (QED) is 0.734. The van der Waals surface area contributed by atoms with Crippen LogP contribution in [0, 0.1) is 13.8 Å². The maximum Gasteiger partial charge on any atom is 0.247 e. The number of hydrogen-bond acceptors (Lipinski definition) is 5. The predicted molar refractivity (Wildman–Crippen MR) is 106 cm³/mol. The molecule has 3 aromatic rings. The van der Waals surface area contributed by atoms with Crippen molar-refractivity contribution in [3.63, 3.8) is 0 Å². The van der Waals surface area contributed by atoms with Gasteiger partial charge in [-0.25, -0.2) is 4.68 Å². The van der Waals surface area contributed by atoms with E-state index in [-0.39, 0.29) is 12.5 Å². The number of carbonyl (C=O) groups excluding carboxylic acids is 1. The molecular weight excluding hydrogens is 354 g/mol. The van der Waals surface area contributed by atoms with Gasteiger partial charge < -0.3 is 5.32 Å². The summed E-state index contributed by atoms with van der Waals surface area (Å²) in [7, 11) is 0. The minimum Gasteiger partial charge on any atom is -0.309 e. The SMILES string of the molecule is Cc1cc(NC(=O)Cn2ccc(-c3nccnc3C)n2)n(C2CCCCC2)n1. The highest BCUT2D eigenvalue weighted by Gasteiger charge is 2.20. The van der Waals surface area contributed by atoms with Gasteiger partial charge in [-0.05, 0) is 32.8 Å². The van der Waals surface area contributed by atoms with Gasteiger partial charge in [-0.15, -0.1) is 0 Å². The average molecular weight is 379 g/mol. The standard InChI is InChI=1S/C20H25N7O/c1-14-12-18(27(24-14)16-6-4-3-5-7-16)23-19(28)13-26-11-8-17(25-26)20-15(2)21-9-10-22-20/h8-12,16H,3-7,13H2,1-2H3,(H,23,28). The van der Waals surface area contributed by atoms with Crippen molar-refractivity contribution in [3.05, 3.63) is 42.1 Å². The Morgan fingerprint density at radius 2 is 1.93 bits per heavy atom. The lowest BCUT2D eigenvalue weighted by Crippen LogP contribution is -2.23. The minimum absolute atomic E-state index is 0.123. The molecule has 0 radical (unpaired) electrons. The molecule has 1 aliphatic rings. The molecule has 4 rings (SSSR count). The second-order valence-electron chi connectivity index (χ2n) is 7.34. The van der Waals surface area contributed by atoms with Gasteiger partial charge in [0.1, 0.15) is 23.8 Å². The fourth-order valence-electron chi connectivity index (χ4n) is 3.78. The van der Waals surface area contributed by atoms with Crippen LogP contribution in [0.1, 0.15) is 49.5 Å². The van der Waals surface area contributed by atoms with Crippen molar-refractivity contribution in [1.29, 1.82) is 0 Å². The topological polar surface area (TPSA) is 90.5 Å². The summed E-state index contributed by atoms with van der Waals surface area (Å²) in [5, 5.41) is 12.1. The molecule has 146 valence electrons. The van der Waals surface area contributed by atoms with Crippen LogP contribution in [-0.2, 0) is 11.3 Å². The van der Waals surface area contributed by atoms with E-state index in [1.54, 1.807) is 23.3 Å². The Hall–Kier alpha value is -3.03. The zero-order chi connectivity index (χ0) is 19.5. The van der Waals surface area contributed by atoms with Crippen LogP contribution in [-0.4, -0.2) is 35.4 Å². The maximum absolute atomic E-state index is 12.6. The second-order valence-corrected chi connectivity index (χ2v) is 7.34. The first-order valence-corrected chi connectivity index (χ1v) is 9.77. The largest absolute Gasteiger partial charge is 0.309 e. The molecule has 1 aliphatic carbocycles. The molecular formula is C20H25N7O. The molecule has 1 saturated carbocycles. The minimum atomic E-state index is -0.123. The lowest BCUT2D eigenvalue weighted by molar-refractivity contribution is -0.117. The van der Waals surface area contributed by atoms with Crippen LogP contribution in [0.3, 0.4) is 0 Å².